The van der Waals surface area contributed by atoms with Crippen LogP contribution in [-0.4, -0.2) is 0 Å². The molecule has 0 saturated carbocycles. The predicted molar refractivity (Wildman–Crippen MR) is 52.7 cm³/mol. The Bertz CT molecular complexity index is 88.2. The fraction of sp³-hybridized carbons (Fsp3) is 0.818. The first-order chi connectivity index (χ1) is 5.35. The molecule has 0 fully saturated rings. The van der Waals surface area contributed by atoms with E-state index in [4.69, 9.17) is 0 Å². The van der Waals surface area contributed by atoms with Crippen LogP contribution in [0.5, 0.6) is 0 Å². The molecule has 0 aromatic carbocycles. The van der Waals surface area contributed by atoms with Crippen LogP contribution in [0.4, 0.5) is 0 Å². The van der Waals surface area contributed by atoms with E-state index in [9.17, 15) is 0 Å². The normalized spacial score (nSPS) is 11.6. The molecule has 0 aliphatic heterocycles. The van der Waals surface area contributed by atoms with Crippen molar-refractivity contribution in [3.05, 3.63) is 12.2 Å². The van der Waals surface area contributed by atoms with Gasteiger partial charge in [0.1, 0.15) is 0 Å². The second-order valence-electron chi connectivity index (χ2n) is 3.15. The predicted octanol–water partition coefficient (Wildman–Crippen LogP) is 4.17. The lowest BCUT2D eigenvalue weighted by molar-refractivity contribution is 0.603. The molecule has 0 heterocycles. The van der Waals surface area contributed by atoms with E-state index in [1.807, 2.05) is 0 Å². The number of allylic oxidation sites excluding steroid dienone is 2. The van der Waals surface area contributed by atoms with Gasteiger partial charge in [-0.3, -0.25) is 0 Å². The number of hydrogen-bond donors (Lipinski definition) is 0. The third-order valence-electron chi connectivity index (χ3n) is 2.18. The Balaban J connectivity index is 3.36. The Hall–Kier alpha value is -0.260. The van der Waals surface area contributed by atoms with Crippen LogP contribution in [0.15, 0.2) is 12.2 Å². The summed E-state index contributed by atoms with van der Waals surface area (Å²) in [6.07, 6.45) is 11.2. The Morgan fingerprint density at radius 2 is 1.73 bits per heavy atom. The molecule has 0 aliphatic rings. The lowest BCUT2D eigenvalue weighted by atomic mass is 10.0. The molecule has 0 radical (unpaired) electrons. The van der Waals surface area contributed by atoms with Crippen molar-refractivity contribution < 1.29 is 0 Å². The van der Waals surface area contributed by atoms with E-state index in [0.717, 1.165) is 5.92 Å². The molecule has 11 heavy (non-hydrogen) atoms. The van der Waals surface area contributed by atoms with E-state index >= 15 is 0 Å². The minimum absolute atomic E-state index is 0.826. The molecular formula is C11H22. The van der Waals surface area contributed by atoms with E-state index in [0.29, 0.717) is 0 Å². The Morgan fingerprint density at radius 3 is 2.18 bits per heavy atom. The minimum atomic E-state index is 0.826. The summed E-state index contributed by atoms with van der Waals surface area (Å²) in [7, 11) is 0. The Labute approximate surface area is 71.7 Å². The maximum atomic E-state index is 2.38. The fourth-order valence-corrected chi connectivity index (χ4v) is 1.17. The monoisotopic (exact) mass is 154 g/mol. The van der Waals surface area contributed by atoms with Crippen LogP contribution in [-0.2, 0) is 0 Å². The highest BCUT2D eigenvalue weighted by atomic mass is 14.0. The summed E-state index contributed by atoms with van der Waals surface area (Å²) in [5.41, 5.74) is 0. The molecule has 0 spiro atoms. The number of hydrogen-bond acceptors (Lipinski definition) is 0. The molecule has 66 valence electrons. The van der Waals surface area contributed by atoms with Crippen molar-refractivity contribution in [2.75, 3.05) is 0 Å². The van der Waals surface area contributed by atoms with Crippen LogP contribution < -0.4 is 0 Å². The zero-order valence-corrected chi connectivity index (χ0v) is 8.27. The number of rotatable bonds is 6. The van der Waals surface area contributed by atoms with E-state index in [-0.39, 0.29) is 0 Å². The highest BCUT2D eigenvalue weighted by Gasteiger charge is 1.94. The van der Waals surface area contributed by atoms with Gasteiger partial charge in [-0.15, -0.1) is 0 Å². The van der Waals surface area contributed by atoms with Crippen molar-refractivity contribution in [1.82, 2.24) is 0 Å². The first-order valence-corrected chi connectivity index (χ1v) is 5.01. The maximum absolute atomic E-state index is 2.38. The third-order valence-corrected chi connectivity index (χ3v) is 2.18. The molecule has 0 atom stereocenters. The quantitative estimate of drug-likeness (QED) is 0.398. The summed E-state index contributed by atoms with van der Waals surface area (Å²) in [5.74, 6) is 0.826. The molecule has 0 aromatic heterocycles. The summed E-state index contributed by atoms with van der Waals surface area (Å²) >= 11 is 0. The molecule has 0 bridgehead atoms. The third kappa shape index (κ3) is 6.15. The molecule has 0 saturated heterocycles. The molecule has 0 amide bonds. The van der Waals surface area contributed by atoms with Crippen LogP contribution >= 0.6 is 0 Å². The molecule has 0 rings (SSSR count). The van der Waals surface area contributed by atoms with Crippen molar-refractivity contribution in [2.24, 2.45) is 5.92 Å². The molecule has 0 N–H and O–H groups in total. The van der Waals surface area contributed by atoms with E-state index < -0.39 is 0 Å². The summed E-state index contributed by atoms with van der Waals surface area (Å²) in [6, 6.07) is 0. The van der Waals surface area contributed by atoms with Gasteiger partial charge in [-0.2, -0.15) is 0 Å². The maximum Gasteiger partial charge on any atom is -0.0239 e. The van der Waals surface area contributed by atoms with Gasteiger partial charge in [0.15, 0.2) is 0 Å². The Kier molecular flexibility index (Phi) is 7.66. The average Bonchev–Trinajstić information content (AvgIpc) is 2.05. The van der Waals surface area contributed by atoms with Gasteiger partial charge in [0.05, 0.1) is 0 Å². The van der Waals surface area contributed by atoms with Gasteiger partial charge in [-0.1, -0.05) is 45.8 Å². The lowest BCUT2D eigenvalue weighted by Gasteiger charge is -2.04. The van der Waals surface area contributed by atoms with E-state index in [1.54, 1.807) is 0 Å². The average molecular weight is 154 g/mol. The highest BCUT2D eigenvalue weighted by Crippen LogP contribution is 2.09. The molecule has 0 heteroatoms. The van der Waals surface area contributed by atoms with Crippen LogP contribution in [0.2, 0.25) is 0 Å². The zero-order valence-electron chi connectivity index (χ0n) is 8.27. The van der Waals surface area contributed by atoms with Gasteiger partial charge < -0.3 is 0 Å². The van der Waals surface area contributed by atoms with Crippen molar-refractivity contribution in [3.8, 4) is 0 Å². The molecule has 0 aromatic rings. The zero-order chi connectivity index (χ0) is 8.53. The standard InChI is InChI=1S/C11H22/c1-4-7-8-9-10-11(5-2)6-3/h9-11H,4-8H2,1-3H3. The van der Waals surface area contributed by atoms with Crippen LogP contribution in [0.25, 0.3) is 0 Å². The first-order valence-electron chi connectivity index (χ1n) is 5.01. The largest absolute Gasteiger partial charge is 0.0883 e. The molecule has 0 unspecified atom stereocenters. The van der Waals surface area contributed by atoms with Gasteiger partial charge >= 0.3 is 0 Å². The minimum Gasteiger partial charge on any atom is -0.0883 e. The molecular weight excluding hydrogens is 132 g/mol. The second-order valence-corrected chi connectivity index (χ2v) is 3.15. The van der Waals surface area contributed by atoms with E-state index in [2.05, 4.69) is 32.9 Å². The molecule has 0 aliphatic carbocycles. The summed E-state index contributed by atoms with van der Waals surface area (Å²) in [4.78, 5) is 0. The number of unbranched alkanes of at least 4 members (excludes halogenated alkanes) is 2. The summed E-state index contributed by atoms with van der Waals surface area (Å²) in [5, 5.41) is 0. The van der Waals surface area contributed by atoms with Crippen LogP contribution in [0, 0.1) is 5.92 Å². The van der Waals surface area contributed by atoms with E-state index in [1.165, 1.54) is 32.1 Å². The molecule has 0 nitrogen and oxygen atoms in total. The van der Waals surface area contributed by atoms with Crippen molar-refractivity contribution >= 4 is 0 Å². The lowest BCUT2D eigenvalue weighted by Crippen LogP contribution is -1.89. The Morgan fingerprint density at radius 1 is 1.09 bits per heavy atom. The van der Waals surface area contributed by atoms with Gasteiger partial charge in [0, 0.05) is 0 Å². The van der Waals surface area contributed by atoms with Gasteiger partial charge in [-0.25, -0.2) is 0 Å². The van der Waals surface area contributed by atoms with Crippen molar-refractivity contribution in [3.63, 3.8) is 0 Å². The van der Waals surface area contributed by atoms with Gasteiger partial charge in [0.2, 0.25) is 0 Å². The van der Waals surface area contributed by atoms with Gasteiger partial charge in [0.25, 0.3) is 0 Å². The van der Waals surface area contributed by atoms with Crippen LogP contribution in [0.3, 0.4) is 0 Å². The topological polar surface area (TPSA) is 0 Å². The fourth-order valence-electron chi connectivity index (χ4n) is 1.17. The highest BCUT2D eigenvalue weighted by molar-refractivity contribution is 4.86. The van der Waals surface area contributed by atoms with Crippen molar-refractivity contribution in [2.45, 2.75) is 52.9 Å². The van der Waals surface area contributed by atoms with Crippen molar-refractivity contribution in [1.29, 1.82) is 0 Å². The smallest absolute Gasteiger partial charge is 0.0239 e. The summed E-state index contributed by atoms with van der Waals surface area (Å²) < 4.78 is 0. The second kappa shape index (κ2) is 7.84. The first kappa shape index (κ1) is 10.7. The van der Waals surface area contributed by atoms with Gasteiger partial charge in [-0.05, 0) is 25.2 Å². The summed E-state index contributed by atoms with van der Waals surface area (Å²) in [6.45, 7) is 6.77. The van der Waals surface area contributed by atoms with Crippen LogP contribution in [0.1, 0.15) is 52.9 Å². The SMILES string of the molecule is CCCCC=CC(CC)CC.